The van der Waals surface area contributed by atoms with Gasteiger partial charge in [0, 0.05) is 19.3 Å². The molecule has 0 fully saturated rings. The van der Waals surface area contributed by atoms with Crippen molar-refractivity contribution < 1.29 is 28.6 Å². The average Bonchev–Trinajstić information content (AvgIpc) is 3.34. The van der Waals surface area contributed by atoms with E-state index in [0.717, 1.165) is 96.3 Å². The number of hydrogen-bond acceptors (Lipinski definition) is 6. The van der Waals surface area contributed by atoms with Crippen molar-refractivity contribution in [3.8, 4) is 0 Å². The van der Waals surface area contributed by atoms with Crippen molar-refractivity contribution in [1.29, 1.82) is 0 Å². The van der Waals surface area contributed by atoms with Crippen LogP contribution < -0.4 is 0 Å². The standard InChI is InChI=1S/C62H112O6/c1-4-7-10-13-16-19-22-25-26-27-28-29-30-31-32-33-34-35-36-38-40-43-46-49-52-55-61(64)67-58-59(57-66-60(63)54-51-48-45-42-39-24-21-18-15-12-9-6-3)68-62(65)56-53-50-47-44-41-37-23-20-17-14-11-8-5-2/h11,14,20,22-23,25,27-28,59H,4-10,12-13,15-19,21,24,26,29-58H2,1-3H3/b14-11-,23-20-,25-22-,28-27-. The summed E-state index contributed by atoms with van der Waals surface area (Å²) in [6.07, 6.45) is 69.7. The summed E-state index contributed by atoms with van der Waals surface area (Å²) in [5, 5.41) is 0. The van der Waals surface area contributed by atoms with E-state index in [4.69, 9.17) is 14.2 Å². The van der Waals surface area contributed by atoms with Gasteiger partial charge >= 0.3 is 17.9 Å². The fourth-order valence-corrected chi connectivity index (χ4v) is 8.57. The summed E-state index contributed by atoms with van der Waals surface area (Å²) < 4.78 is 16.8. The van der Waals surface area contributed by atoms with Gasteiger partial charge in [0.2, 0.25) is 0 Å². The molecule has 0 rings (SSSR count). The van der Waals surface area contributed by atoms with Gasteiger partial charge in [-0.1, -0.05) is 262 Å². The first-order valence-electron chi connectivity index (χ1n) is 29.6. The first kappa shape index (κ1) is 65.4. The molecule has 0 aromatic rings. The zero-order valence-electron chi connectivity index (χ0n) is 45.4. The van der Waals surface area contributed by atoms with Gasteiger partial charge in [0.25, 0.3) is 0 Å². The lowest BCUT2D eigenvalue weighted by Crippen LogP contribution is -2.30. The van der Waals surface area contributed by atoms with Gasteiger partial charge in [-0.25, -0.2) is 0 Å². The van der Waals surface area contributed by atoms with Crippen molar-refractivity contribution in [2.75, 3.05) is 13.2 Å². The van der Waals surface area contributed by atoms with E-state index in [1.807, 2.05) is 0 Å². The maximum atomic E-state index is 12.8. The minimum atomic E-state index is -0.777. The van der Waals surface area contributed by atoms with Crippen LogP contribution in [0.15, 0.2) is 48.6 Å². The zero-order valence-corrected chi connectivity index (χ0v) is 45.4. The molecule has 0 aliphatic carbocycles. The summed E-state index contributed by atoms with van der Waals surface area (Å²) in [5.74, 6) is -0.877. The molecule has 68 heavy (non-hydrogen) atoms. The molecule has 0 heterocycles. The fourth-order valence-electron chi connectivity index (χ4n) is 8.57. The van der Waals surface area contributed by atoms with Crippen LogP contribution >= 0.6 is 0 Å². The zero-order chi connectivity index (χ0) is 49.3. The van der Waals surface area contributed by atoms with Crippen LogP contribution in [-0.2, 0) is 28.6 Å². The third-order valence-electron chi connectivity index (χ3n) is 13.0. The van der Waals surface area contributed by atoms with Crippen LogP contribution in [0.4, 0.5) is 0 Å². The van der Waals surface area contributed by atoms with Crippen molar-refractivity contribution in [2.45, 2.75) is 316 Å². The smallest absolute Gasteiger partial charge is 0.306 e. The van der Waals surface area contributed by atoms with Crippen molar-refractivity contribution in [3.05, 3.63) is 48.6 Å². The third kappa shape index (κ3) is 54.3. The largest absolute Gasteiger partial charge is 0.462 e. The highest BCUT2D eigenvalue weighted by molar-refractivity contribution is 5.71. The van der Waals surface area contributed by atoms with E-state index in [0.29, 0.717) is 19.3 Å². The lowest BCUT2D eigenvalue weighted by molar-refractivity contribution is -0.167. The van der Waals surface area contributed by atoms with Crippen LogP contribution in [-0.4, -0.2) is 37.2 Å². The van der Waals surface area contributed by atoms with Crippen LogP contribution in [0.3, 0.4) is 0 Å². The van der Waals surface area contributed by atoms with Crippen molar-refractivity contribution in [3.63, 3.8) is 0 Å². The highest BCUT2D eigenvalue weighted by Crippen LogP contribution is 2.16. The highest BCUT2D eigenvalue weighted by atomic mass is 16.6. The van der Waals surface area contributed by atoms with Crippen molar-refractivity contribution in [1.82, 2.24) is 0 Å². The Kier molecular flexibility index (Phi) is 54.8. The molecule has 396 valence electrons. The Morgan fingerprint density at radius 1 is 0.294 bits per heavy atom. The van der Waals surface area contributed by atoms with Gasteiger partial charge in [0.05, 0.1) is 0 Å². The van der Waals surface area contributed by atoms with Crippen molar-refractivity contribution >= 4 is 17.9 Å². The molecule has 0 bridgehead atoms. The molecule has 6 nitrogen and oxygen atoms in total. The predicted molar refractivity (Wildman–Crippen MR) is 293 cm³/mol. The maximum absolute atomic E-state index is 12.8. The Morgan fingerprint density at radius 3 is 0.868 bits per heavy atom. The van der Waals surface area contributed by atoms with E-state index in [9.17, 15) is 14.4 Å². The minimum absolute atomic E-state index is 0.0757. The molecule has 0 aromatic carbocycles. The summed E-state index contributed by atoms with van der Waals surface area (Å²) in [6.45, 7) is 6.58. The number of allylic oxidation sites excluding steroid dienone is 8. The Morgan fingerprint density at radius 2 is 0.559 bits per heavy atom. The maximum Gasteiger partial charge on any atom is 0.306 e. The molecule has 0 N–H and O–H groups in total. The molecule has 0 saturated heterocycles. The summed E-state index contributed by atoms with van der Waals surface area (Å²) in [7, 11) is 0. The lowest BCUT2D eigenvalue weighted by atomic mass is 10.0. The van der Waals surface area contributed by atoms with Gasteiger partial charge in [0.15, 0.2) is 6.10 Å². The number of carbonyl (C=O) groups excluding carboxylic acids is 3. The second-order valence-electron chi connectivity index (χ2n) is 19.9. The first-order valence-corrected chi connectivity index (χ1v) is 29.6. The Hall–Kier alpha value is -2.63. The van der Waals surface area contributed by atoms with E-state index >= 15 is 0 Å². The molecule has 0 aliphatic rings. The molecule has 0 spiro atoms. The molecular formula is C62H112O6. The van der Waals surface area contributed by atoms with Crippen LogP contribution in [0.1, 0.15) is 310 Å². The number of ether oxygens (including phenoxy) is 3. The molecule has 1 unspecified atom stereocenters. The first-order chi connectivity index (χ1) is 33.5. The van der Waals surface area contributed by atoms with Gasteiger partial charge in [-0.05, 0) is 77.0 Å². The number of carbonyl (C=O) groups is 3. The summed E-state index contributed by atoms with van der Waals surface area (Å²) >= 11 is 0. The Bertz CT molecular complexity index is 1190. The van der Waals surface area contributed by atoms with E-state index in [2.05, 4.69) is 69.4 Å². The van der Waals surface area contributed by atoms with Crippen LogP contribution in [0.25, 0.3) is 0 Å². The molecule has 0 saturated carbocycles. The number of unbranched alkanes of at least 4 members (excludes halogenated alkanes) is 35. The second kappa shape index (κ2) is 57.0. The number of rotatable bonds is 54. The molecule has 6 heteroatoms. The van der Waals surface area contributed by atoms with E-state index < -0.39 is 6.10 Å². The highest BCUT2D eigenvalue weighted by Gasteiger charge is 2.19. The normalized spacial score (nSPS) is 12.3. The number of esters is 3. The SMILES string of the molecule is CCC/C=C\C/C=C\CCCCCCCC(=O)OC(COC(=O)CCCCCCCCCCCCCC)COC(=O)CCCCCCCCCCCCCCC/C=C\C/C=C\CCCCCCC. The van der Waals surface area contributed by atoms with Gasteiger partial charge < -0.3 is 14.2 Å². The molecule has 1 atom stereocenters. The van der Waals surface area contributed by atoms with Crippen molar-refractivity contribution in [2.24, 2.45) is 0 Å². The molecule has 0 radical (unpaired) electrons. The van der Waals surface area contributed by atoms with Crippen LogP contribution in [0, 0.1) is 0 Å². The van der Waals surface area contributed by atoms with Gasteiger partial charge in [-0.3, -0.25) is 14.4 Å². The average molecular weight is 954 g/mol. The van der Waals surface area contributed by atoms with Gasteiger partial charge in [-0.2, -0.15) is 0 Å². The topological polar surface area (TPSA) is 78.9 Å². The fraction of sp³-hybridized carbons (Fsp3) is 0.823. The molecular weight excluding hydrogens is 841 g/mol. The molecule has 0 aliphatic heterocycles. The van der Waals surface area contributed by atoms with Gasteiger partial charge in [0.1, 0.15) is 13.2 Å². The van der Waals surface area contributed by atoms with E-state index in [1.165, 1.54) is 173 Å². The lowest BCUT2D eigenvalue weighted by Gasteiger charge is -2.18. The molecule has 0 amide bonds. The summed E-state index contributed by atoms with van der Waals surface area (Å²) in [5.41, 5.74) is 0. The minimum Gasteiger partial charge on any atom is -0.462 e. The predicted octanol–water partition coefficient (Wildman–Crippen LogP) is 19.8. The summed E-state index contributed by atoms with van der Waals surface area (Å²) in [6, 6.07) is 0. The monoisotopic (exact) mass is 953 g/mol. The van der Waals surface area contributed by atoms with E-state index in [-0.39, 0.29) is 31.1 Å². The van der Waals surface area contributed by atoms with Crippen LogP contribution in [0.2, 0.25) is 0 Å². The Labute approximate surface area is 422 Å². The van der Waals surface area contributed by atoms with Crippen LogP contribution in [0.5, 0.6) is 0 Å². The third-order valence-corrected chi connectivity index (χ3v) is 13.0. The number of hydrogen-bond donors (Lipinski definition) is 0. The molecule has 0 aromatic heterocycles. The van der Waals surface area contributed by atoms with Gasteiger partial charge in [-0.15, -0.1) is 0 Å². The second-order valence-corrected chi connectivity index (χ2v) is 19.9. The van der Waals surface area contributed by atoms with E-state index in [1.54, 1.807) is 0 Å². The summed E-state index contributed by atoms with van der Waals surface area (Å²) in [4.78, 5) is 38.1. The Balaban J connectivity index is 4.22. The quantitative estimate of drug-likeness (QED) is 0.0262.